The summed E-state index contributed by atoms with van der Waals surface area (Å²) >= 11 is 0. The van der Waals surface area contributed by atoms with E-state index in [0.717, 1.165) is 5.54 Å². The molecular weight excluding hydrogens is 280 g/mol. The Morgan fingerprint density at radius 2 is 0.864 bits per heavy atom. The first kappa shape index (κ1) is 14.3. The second kappa shape index (κ2) is 6.04. The lowest BCUT2D eigenvalue weighted by molar-refractivity contribution is 0.484. The normalized spacial score (nSPS) is 26.2. The minimum absolute atomic E-state index is 0.699. The first-order valence-electron chi connectivity index (χ1n) is 8.97. The van der Waals surface area contributed by atoms with E-state index in [1.54, 1.807) is 0 Å². The van der Waals surface area contributed by atoms with Crippen molar-refractivity contribution in [1.29, 1.82) is 0 Å². The predicted molar refractivity (Wildman–Crippen MR) is 98.7 cm³/mol. The quantitative estimate of drug-likeness (QED) is 0.538. The summed E-state index contributed by atoms with van der Waals surface area (Å²) in [6.07, 6.45) is 36.1. The van der Waals surface area contributed by atoms with Crippen LogP contribution in [0.5, 0.6) is 0 Å². The Bertz CT molecular complexity index is 476. The largest absolute Gasteiger partial charge is 0.0893 e. The van der Waals surface area contributed by atoms with Gasteiger partial charge in [-0.25, -0.2) is 0 Å². The van der Waals surface area contributed by atoms with Crippen LogP contribution in [0.2, 0.25) is 22.2 Å². The molecule has 0 aromatic heterocycles. The fourth-order valence-electron chi connectivity index (χ4n) is 5.38. The molecule has 0 saturated heterocycles. The monoisotopic (exact) mass is 306 g/mol. The molecular formula is C21H26Si. The molecule has 1 saturated carbocycles. The van der Waals surface area contributed by atoms with Gasteiger partial charge in [-0.1, -0.05) is 105 Å². The van der Waals surface area contributed by atoms with E-state index in [4.69, 9.17) is 0 Å². The number of hydrogen-bond donors (Lipinski definition) is 0. The summed E-state index contributed by atoms with van der Waals surface area (Å²) < 4.78 is 0. The van der Waals surface area contributed by atoms with Gasteiger partial charge in [-0.2, -0.15) is 0 Å². The van der Waals surface area contributed by atoms with Crippen molar-refractivity contribution < 1.29 is 0 Å². The molecule has 1 heteroatoms. The molecule has 0 heterocycles. The van der Waals surface area contributed by atoms with Crippen LogP contribution in [-0.4, -0.2) is 8.07 Å². The van der Waals surface area contributed by atoms with Gasteiger partial charge in [0.2, 0.25) is 0 Å². The maximum absolute atomic E-state index is 2.51. The SMILES string of the molecule is C1=CC([Si](C2C=CC=C2)(C2C=CC=C2)C2CCCCC2)C=C1. The van der Waals surface area contributed by atoms with Gasteiger partial charge < -0.3 is 0 Å². The van der Waals surface area contributed by atoms with E-state index in [0.29, 0.717) is 16.6 Å². The highest BCUT2D eigenvalue weighted by molar-refractivity contribution is 6.88. The summed E-state index contributed by atoms with van der Waals surface area (Å²) in [5.74, 6) is 0. The number of hydrogen-bond acceptors (Lipinski definition) is 0. The molecule has 0 radical (unpaired) electrons. The molecule has 0 N–H and O–H groups in total. The minimum Gasteiger partial charge on any atom is -0.0803 e. The number of allylic oxidation sites excluding steroid dienone is 12. The first-order valence-corrected chi connectivity index (χ1v) is 11.3. The lowest BCUT2D eigenvalue weighted by atomic mass is 10.0. The van der Waals surface area contributed by atoms with Crippen molar-refractivity contribution in [3.8, 4) is 0 Å². The topological polar surface area (TPSA) is 0 Å². The molecule has 22 heavy (non-hydrogen) atoms. The Kier molecular flexibility index (Phi) is 3.92. The molecule has 0 atom stereocenters. The highest BCUT2D eigenvalue weighted by Crippen LogP contribution is 2.59. The molecule has 4 aliphatic carbocycles. The van der Waals surface area contributed by atoms with E-state index < -0.39 is 8.07 Å². The lowest BCUT2D eigenvalue weighted by Gasteiger charge is -2.50. The second-order valence-corrected chi connectivity index (χ2v) is 12.0. The second-order valence-electron chi connectivity index (χ2n) is 7.22. The minimum atomic E-state index is -1.62. The molecule has 4 rings (SSSR count). The third-order valence-corrected chi connectivity index (χ3v) is 12.9. The van der Waals surface area contributed by atoms with Crippen LogP contribution in [0.3, 0.4) is 0 Å². The van der Waals surface area contributed by atoms with Crippen LogP contribution in [0.25, 0.3) is 0 Å². The van der Waals surface area contributed by atoms with Gasteiger partial charge in [0.1, 0.15) is 0 Å². The highest BCUT2D eigenvalue weighted by atomic mass is 28.3. The Balaban J connectivity index is 1.82. The predicted octanol–water partition coefficient (Wildman–Crippen LogP) is 6.26. The highest BCUT2D eigenvalue weighted by Gasteiger charge is 2.54. The Morgan fingerprint density at radius 1 is 0.500 bits per heavy atom. The lowest BCUT2D eigenvalue weighted by Crippen LogP contribution is -2.50. The van der Waals surface area contributed by atoms with E-state index in [9.17, 15) is 0 Å². The third-order valence-electron chi connectivity index (χ3n) is 6.29. The van der Waals surface area contributed by atoms with Crippen LogP contribution in [0, 0.1) is 0 Å². The van der Waals surface area contributed by atoms with Crippen molar-refractivity contribution in [2.75, 3.05) is 0 Å². The van der Waals surface area contributed by atoms with Crippen LogP contribution in [0.4, 0.5) is 0 Å². The maximum atomic E-state index is 2.51. The van der Waals surface area contributed by atoms with Crippen LogP contribution in [-0.2, 0) is 0 Å². The average Bonchev–Trinajstić information content (AvgIpc) is 3.34. The van der Waals surface area contributed by atoms with Gasteiger partial charge in [0.25, 0.3) is 0 Å². The first-order chi connectivity index (χ1) is 10.9. The summed E-state index contributed by atoms with van der Waals surface area (Å²) in [5, 5.41) is 0. The fourth-order valence-corrected chi connectivity index (χ4v) is 12.4. The van der Waals surface area contributed by atoms with E-state index in [-0.39, 0.29) is 0 Å². The van der Waals surface area contributed by atoms with Gasteiger partial charge in [-0.3, -0.25) is 0 Å². The summed E-state index contributed by atoms with van der Waals surface area (Å²) in [6, 6.07) is 0. The Morgan fingerprint density at radius 3 is 1.23 bits per heavy atom. The molecule has 0 aromatic rings. The zero-order valence-corrected chi connectivity index (χ0v) is 14.3. The maximum Gasteiger partial charge on any atom is 0.0893 e. The number of rotatable bonds is 4. The van der Waals surface area contributed by atoms with E-state index in [1.165, 1.54) is 32.1 Å². The van der Waals surface area contributed by atoms with Crippen LogP contribution in [0.15, 0.2) is 72.9 Å². The summed E-state index contributed by atoms with van der Waals surface area (Å²) in [5.41, 5.74) is 3.05. The average molecular weight is 307 g/mol. The van der Waals surface area contributed by atoms with Crippen molar-refractivity contribution in [3.05, 3.63) is 72.9 Å². The van der Waals surface area contributed by atoms with Crippen LogP contribution >= 0.6 is 0 Å². The van der Waals surface area contributed by atoms with Crippen LogP contribution in [0.1, 0.15) is 32.1 Å². The van der Waals surface area contributed by atoms with Crippen molar-refractivity contribution in [2.45, 2.75) is 54.3 Å². The van der Waals surface area contributed by atoms with E-state index in [1.807, 2.05) is 0 Å². The van der Waals surface area contributed by atoms with Gasteiger partial charge in [0.05, 0.1) is 8.07 Å². The van der Waals surface area contributed by atoms with Gasteiger partial charge in [0, 0.05) is 0 Å². The van der Waals surface area contributed by atoms with Gasteiger partial charge in [-0.05, 0) is 22.2 Å². The molecule has 0 spiro atoms. The van der Waals surface area contributed by atoms with Gasteiger partial charge in [0.15, 0.2) is 0 Å². The van der Waals surface area contributed by atoms with Crippen molar-refractivity contribution >= 4 is 8.07 Å². The smallest absolute Gasteiger partial charge is 0.0803 e. The van der Waals surface area contributed by atoms with E-state index in [2.05, 4.69) is 72.9 Å². The summed E-state index contributed by atoms with van der Waals surface area (Å²) in [4.78, 5) is 0. The molecule has 0 aliphatic heterocycles. The molecule has 0 bridgehead atoms. The van der Waals surface area contributed by atoms with Gasteiger partial charge in [-0.15, -0.1) is 0 Å². The molecule has 114 valence electrons. The summed E-state index contributed by atoms with van der Waals surface area (Å²) in [7, 11) is -1.62. The zero-order valence-electron chi connectivity index (χ0n) is 13.3. The van der Waals surface area contributed by atoms with Crippen molar-refractivity contribution in [2.24, 2.45) is 0 Å². The molecule has 4 aliphatic rings. The van der Waals surface area contributed by atoms with Crippen LogP contribution < -0.4 is 0 Å². The summed E-state index contributed by atoms with van der Waals surface area (Å²) in [6.45, 7) is 0. The fraction of sp³-hybridized carbons (Fsp3) is 0.429. The molecule has 0 aromatic carbocycles. The third kappa shape index (κ3) is 2.18. The van der Waals surface area contributed by atoms with Crippen molar-refractivity contribution in [1.82, 2.24) is 0 Å². The Hall–Kier alpha value is -1.34. The standard InChI is InChI=1S/C21H26Si/c1-2-10-18(11-3-1)22(19-12-4-5-13-19,20-14-6-7-15-20)21-16-8-9-17-21/h4-9,12-21H,1-3,10-11H2. The molecule has 0 amide bonds. The van der Waals surface area contributed by atoms with Crippen molar-refractivity contribution in [3.63, 3.8) is 0 Å². The van der Waals surface area contributed by atoms with E-state index >= 15 is 0 Å². The van der Waals surface area contributed by atoms with Gasteiger partial charge >= 0.3 is 0 Å². The molecule has 0 nitrogen and oxygen atoms in total. The molecule has 1 fully saturated rings. The zero-order chi connectivity index (χ0) is 14.8. The Labute approximate surface area is 135 Å². The molecule has 0 unspecified atom stereocenters.